The molecule has 2 nitrogen and oxygen atoms in total. The molecule has 0 N–H and O–H groups in total. The molecular formula is C9H7Br2FO2. The normalized spacial score (nSPS) is 10.0. The number of halogens is 3. The van der Waals surface area contributed by atoms with Crippen LogP contribution in [-0.2, 0) is 10.1 Å². The smallest absolute Gasteiger partial charge is 0.339 e. The van der Waals surface area contributed by atoms with E-state index in [-0.39, 0.29) is 10.0 Å². The molecule has 0 radical (unpaired) electrons. The first-order valence-electron chi connectivity index (χ1n) is 3.73. The molecule has 0 amide bonds. The largest absolute Gasteiger partial charge is 0.465 e. The second-order valence-electron chi connectivity index (χ2n) is 2.52. The van der Waals surface area contributed by atoms with Crippen molar-refractivity contribution in [2.75, 3.05) is 7.11 Å². The van der Waals surface area contributed by atoms with Gasteiger partial charge in [-0.05, 0) is 27.6 Å². The summed E-state index contributed by atoms with van der Waals surface area (Å²) in [5, 5.41) is 0.469. The topological polar surface area (TPSA) is 26.3 Å². The fourth-order valence-electron chi connectivity index (χ4n) is 1.02. The van der Waals surface area contributed by atoms with Crippen LogP contribution in [-0.4, -0.2) is 13.1 Å². The summed E-state index contributed by atoms with van der Waals surface area (Å²) < 4.78 is 17.8. The third-order valence-corrected chi connectivity index (χ3v) is 3.09. The zero-order valence-electron chi connectivity index (χ0n) is 7.31. The highest BCUT2D eigenvalue weighted by molar-refractivity contribution is 9.10. The van der Waals surface area contributed by atoms with Crippen molar-refractivity contribution in [3.8, 4) is 0 Å². The van der Waals surface area contributed by atoms with Gasteiger partial charge in [-0.3, -0.25) is 0 Å². The van der Waals surface area contributed by atoms with Crippen molar-refractivity contribution in [1.82, 2.24) is 0 Å². The maximum atomic E-state index is 13.1. The van der Waals surface area contributed by atoms with Crippen molar-refractivity contribution < 1.29 is 13.9 Å². The van der Waals surface area contributed by atoms with Gasteiger partial charge in [0.1, 0.15) is 5.82 Å². The standard InChI is InChI=1S/C9H7Br2FO2/c1-14-9(13)7-5(4-10)2-3-6(12)8(7)11/h2-3H,4H2,1H3. The third-order valence-electron chi connectivity index (χ3n) is 1.71. The maximum Gasteiger partial charge on any atom is 0.339 e. The van der Waals surface area contributed by atoms with Gasteiger partial charge in [0, 0.05) is 5.33 Å². The number of ether oxygens (including phenoxy) is 1. The fraction of sp³-hybridized carbons (Fsp3) is 0.222. The molecule has 0 spiro atoms. The van der Waals surface area contributed by atoms with E-state index in [9.17, 15) is 9.18 Å². The van der Waals surface area contributed by atoms with Gasteiger partial charge in [-0.15, -0.1) is 0 Å². The van der Waals surface area contributed by atoms with Crippen LogP contribution in [0.2, 0.25) is 0 Å². The van der Waals surface area contributed by atoms with Crippen molar-refractivity contribution >= 4 is 37.8 Å². The van der Waals surface area contributed by atoms with Gasteiger partial charge in [-0.1, -0.05) is 22.0 Å². The average Bonchev–Trinajstić information content (AvgIpc) is 2.20. The predicted octanol–water partition coefficient (Wildman–Crippen LogP) is 3.27. The fourth-order valence-corrected chi connectivity index (χ4v) is 2.04. The highest BCUT2D eigenvalue weighted by atomic mass is 79.9. The Labute approximate surface area is 97.7 Å². The number of hydrogen-bond acceptors (Lipinski definition) is 2. The molecule has 1 aromatic carbocycles. The molecular weight excluding hydrogens is 319 g/mol. The molecule has 0 saturated carbocycles. The number of carbonyl (C=O) groups excluding carboxylic acids is 1. The minimum Gasteiger partial charge on any atom is -0.465 e. The summed E-state index contributed by atoms with van der Waals surface area (Å²) >= 11 is 6.23. The van der Waals surface area contributed by atoms with E-state index in [1.165, 1.54) is 13.2 Å². The van der Waals surface area contributed by atoms with Crippen LogP contribution < -0.4 is 0 Å². The molecule has 1 rings (SSSR count). The highest BCUT2D eigenvalue weighted by Crippen LogP contribution is 2.26. The van der Waals surface area contributed by atoms with E-state index in [2.05, 4.69) is 36.6 Å². The Morgan fingerprint density at radius 3 is 2.71 bits per heavy atom. The summed E-state index contributed by atoms with van der Waals surface area (Å²) in [5.74, 6) is -1.03. The third kappa shape index (κ3) is 2.15. The zero-order chi connectivity index (χ0) is 10.7. The van der Waals surface area contributed by atoms with E-state index < -0.39 is 11.8 Å². The van der Waals surface area contributed by atoms with Crippen molar-refractivity contribution in [3.05, 3.63) is 33.5 Å². The highest BCUT2D eigenvalue weighted by Gasteiger charge is 2.18. The summed E-state index contributed by atoms with van der Waals surface area (Å²) in [5.41, 5.74) is 0.912. The lowest BCUT2D eigenvalue weighted by atomic mass is 10.1. The molecule has 76 valence electrons. The number of esters is 1. The Balaban J connectivity index is 3.35. The Bertz CT molecular complexity index is 366. The van der Waals surface area contributed by atoms with Gasteiger partial charge in [0.2, 0.25) is 0 Å². The molecule has 14 heavy (non-hydrogen) atoms. The van der Waals surface area contributed by atoms with Crippen molar-refractivity contribution in [2.24, 2.45) is 0 Å². The maximum absolute atomic E-state index is 13.1. The molecule has 0 unspecified atom stereocenters. The Kier molecular flexibility index (Phi) is 4.07. The number of rotatable bonds is 2. The number of methoxy groups -OCH3 is 1. The summed E-state index contributed by atoms with van der Waals surface area (Å²) in [6.45, 7) is 0. The zero-order valence-corrected chi connectivity index (χ0v) is 10.5. The van der Waals surface area contributed by atoms with E-state index in [0.29, 0.717) is 10.9 Å². The summed E-state index contributed by atoms with van der Waals surface area (Å²) in [4.78, 5) is 11.3. The van der Waals surface area contributed by atoms with Crippen molar-refractivity contribution in [3.63, 3.8) is 0 Å². The lowest BCUT2D eigenvalue weighted by molar-refractivity contribution is 0.0598. The lowest BCUT2D eigenvalue weighted by Gasteiger charge is -2.07. The van der Waals surface area contributed by atoms with Crippen LogP contribution in [0.3, 0.4) is 0 Å². The van der Waals surface area contributed by atoms with Crippen LogP contribution >= 0.6 is 31.9 Å². The van der Waals surface area contributed by atoms with Gasteiger partial charge in [-0.2, -0.15) is 0 Å². The first-order chi connectivity index (χ1) is 6.61. The Hall–Kier alpha value is -0.420. The van der Waals surface area contributed by atoms with E-state index in [1.54, 1.807) is 6.07 Å². The van der Waals surface area contributed by atoms with Crippen LogP contribution in [0.25, 0.3) is 0 Å². The SMILES string of the molecule is COC(=O)c1c(CBr)ccc(F)c1Br. The Morgan fingerprint density at radius 1 is 1.57 bits per heavy atom. The molecule has 0 aliphatic carbocycles. The summed E-state index contributed by atoms with van der Waals surface area (Å²) in [7, 11) is 1.26. The Morgan fingerprint density at radius 2 is 2.21 bits per heavy atom. The minimum atomic E-state index is -0.550. The molecule has 0 fully saturated rings. The average molecular weight is 326 g/mol. The van der Waals surface area contributed by atoms with Gasteiger partial charge in [0.25, 0.3) is 0 Å². The number of hydrogen-bond donors (Lipinski definition) is 0. The van der Waals surface area contributed by atoms with Crippen LogP contribution in [0.1, 0.15) is 15.9 Å². The van der Waals surface area contributed by atoms with Gasteiger partial charge in [0.05, 0.1) is 17.1 Å². The van der Waals surface area contributed by atoms with E-state index in [1.807, 2.05) is 0 Å². The van der Waals surface area contributed by atoms with Gasteiger partial charge < -0.3 is 4.74 Å². The molecule has 0 saturated heterocycles. The number of alkyl halides is 1. The second kappa shape index (κ2) is 4.89. The molecule has 0 atom stereocenters. The van der Waals surface area contributed by atoms with Crippen LogP contribution in [0, 0.1) is 5.82 Å². The van der Waals surface area contributed by atoms with E-state index >= 15 is 0 Å². The van der Waals surface area contributed by atoms with Crippen molar-refractivity contribution in [2.45, 2.75) is 5.33 Å². The molecule has 0 aromatic heterocycles. The van der Waals surface area contributed by atoms with Crippen LogP contribution in [0.15, 0.2) is 16.6 Å². The molecule has 0 bridgehead atoms. The molecule has 1 aromatic rings. The van der Waals surface area contributed by atoms with Crippen LogP contribution in [0.4, 0.5) is 4.39 Å². The number of carbonyl (C=O) groups is 1. The van der Waals surface area contributed by atoms with Gasteiger partial charge >= 0.3 is 5.97 Å². The quantitative estimate of drug-likeness (QED) is 0.616. The molecule has 0 aliphatic heterocycles. The van der Waals surface area contributed by atoms with Gasteiger partial charge in [0.15, 0.2) is 0 Å². The first-order valence-corrected chi connectivity index (χ1v) is 5.64. The minimum absolute atomic E-state index is 0.140. The molecule has 5 heteroatoms. The van der Waals surface area contributed by atoms with Crippen molar-refractivity contribution in [1.29, 1.82) is 0 Å². The summed E-state index contributed by atoms with van der Waals surface area (Å²) in [6.07, 6.45) is 0. The van der Waals surface area contributed by atoms with E-state index in [4.69, 9.17) is 0 Å². The molecule has 0 heterocycles. The lowest BCUT2D eigenvalue weighted by Crippen LogP contribution is -2.07. The molecule has 0 aliphatic rings. The first kappa shape index (κ1) is 11.7. The second-order valence-corrected chi connectivity index (χ2v) is 3.87. The van der Waals surface area contributed by atoms with Gasteiger partial charge in [-0.25, -0.2) is 9.18 Å². The van der Waals surface area contributed by atoms with Crippen LogP contribution in [0.5, 0.6) is 0 Å². The summed E-state index contributed by atoms with van der Waals surface area (Å²) in [6, 6.07) is 2.84. The number of benzene rings is 1. The van der Waals surface area contributed by atoms with E-state index in [0.717, 1.165) is 0 Å². The monoisotopic (exact) mass is 324 g/mol. The predicted molar refractivity (Wildman–Crippen MR) is 58.1 cm³/mol.